The Morgan fingerprint density at radius 1 is 1.26 bits per heavy atom. The number of pyridine rings is 2. The maximum Gasteiger partial charge on any atom is 0.317 e. The lowest BCUT2D eigenvalue weighted by atomic mass is 10.1. The number of piperidine rings is 1. The fraction of sp³-hybridized carbons (Fsp3) is 0.450. The second-order valence-electron chi connectivity index (χ2n) is 6.73. The third-order valence-electron chi connectivity index (χ3n) is 4.61. The first-order chi connectivity index (χ1) is 13.2. The Bertz CT molecular complexity index is 725. The van der Waals surface area contributed by atoms with Crippen LogP contribution in [-0.4, -0.2) is 53.2 Å². The number of nitrogens with zero attached hydrogens (tertiary/aromatic N) is 3. The van der Waals surface area contributed by atoms with Crippen LogP contribution in [0.4, 0.5) is 10.5 Å². The van der Waals surface area contributed by atoms with Gasteiger partial charge < -0.3 is 20.3 Å². The summed E-state index contributed by atoms with van der Waals surface area (Å²) in [7, 11) is 0. The molecule has 3 heterocycles. The van der Waals surface area contributed by atoms with E-state index in [2.05, 4.69) is 20.6 Å². The van der Waals surface area contributed by atoms with Gasteiger partial charge in [0.2, 0.25) is 0 Å². The number of aromatic nitrogens is 2. The smallest absolute Gasteiger partial charge is 0.317 e. The van der Waals surface area contributed by atoms with Gasteiger partial charge in [0, 0.05) is 56.7 Å². The van der Waals surface area contributed by atoms with Gasteiger partial charge in [-0.25, -0.2) is 4.79 Å². The molecular weight excluding hydrogens is 342 g/mol. The summed E-state index contributed by atoms with van der Waals surface area (Å²) in [6, 6.07) is 5.81. The minimum Gasteiger partial charge on any atom is -0.383 e. The molecule has 1 atom stereocenters. The van der Waals surface area contributed by atoms with Gasteiger partial charge in [-0.3, -0.25) is 9.97 Å². The van der Waals surface area contributed by atoms with E-state index in [0.29, 0.717) is 26.2 Å². The summed E-state index contributed by atoms with van der Waals surface area (Å²) in [5.74, 6) is 0. The SMILES string of the molecule is Cc1cnccc1NCCNC(=O)N1CCCC(OCc2cccnc2)C1. The molecule has 27 heavy (non-hydrogen) atoms. The molecule has 0 radical (unpaired) electrons. The predicted octanol–water partition coefficient (Wildman–Crippen LogP) is 2.59. The normalized spacial score (nSPS) is 16.8. The van der Waals surface area contributed by atoms with Crippen LogP contribution < -0.4 is 10.6 Å². The molecule has 2 aromatic rings. The monoisotopic (exact) mass is 369 g/mol. The summed E-state index contributed by atoms with van der Waals surface area (Å²) >= 11 is 0. The average molecular weight is 369 g/mol. The number of carbonyl (C=O) groups excluding carboxylic acids is 1. The fourth-order valence-corrected chi connectivity index (χ4v) is 3.11. The molecule has 1 saturated heterocycles. The van der Waals surface area contributed by atoms with Gasteiger partial charge in [-0.05, 0) is 43.0 Å². The lowest BCUT2D eigenvalue weighted by Crippen LogP contribution is -2.48. The van der Waals surface area contributed by atoms with Gasteiger partial charge in [0.1, 0.15) is 0 Å². The highest BCUT2D eigenvalue weighted by atomic mass is 16.5. The number of aryl methyl sites for hydroxylation is 1. The highest BCUT2D eigenvalue weighted by Gasteiger charge is 2.23. The van der Waals surface area contributed by atoms with Crippen LogP contribution >= 0.6 is 0 Å². The minimum atomic E-state index is -0.0297. The van der Waals surface area contributed by atoms with Crippen molar-refractivity contribution in [3.05, 3.63) is 54.1 Å². The van der Waals surface area contributed by atoms with E-state index in [1.54, 1.807) is 12.4 Å². The van der Waals surface area contributed by atoms with E-state index in [0.717, 1.165) is 36.2 Å². The Morgan fingerprint density at radius 2 is 2.15 bits per heavy atom. The molecule has 3 rings (SSSR count). The van der Waals surface area contributed by atoms with Gasteiger partial charge in [0.25, 0.3) is 0 Å². The zero-order valence-electron chi connectivity index (χ0n) is 15.7. The van der Waals surface area contributed by atoms with Crippen molar-refractivity contribution in [1.82, 2.24) is 20.2 Å². The maximum atomic E-state index is 12.4. The Hall–Kier alpha value is -2.67. The average Bonchev–Trinajstić information content (AvgIpc) is 2.72. The van der Waals surface area contributed by atoms with Gasteiger partial charge in [-0.1, -0.05) is 6.07 Å². The third kappa shape index (κ3) is 5.92. The van der Waals surface area contributed by atoms with Crippen LogP contribution in [0.5, 0.6) is 0 Å². The molecule has 7 nitrogen and oxygen atoms in total. The van der Waals surface area contributed by atoms with Crippen molar-refractivity contribution >= 4 is 11.7 Å². The molecule has 1 aliphatic heterocycles. The van der Waals surface area contributed by atoms with E-state index in [1.165, 1.54) is 0 Å². The minimum absolute atomic E-state index is 0.0297. The number of hydrogen-bond acceptors (Lipinski definition) is 5. The van der Waals surface area contributed by atoms with E-state index < -0.39 is 0 Å². The van der Waals surface area contributed by atoms with E-state index >= 15 is 0 Å². The van der Waals surface area contributed by atoms with E-state index in [4.69, 9.17) is 4.74 Å². The van der Waals surface area contributed by atoms with E-state index in [9.17, 15) is 4.79 Å². The number of carbonyl (C=O) groups is 1. The Morgan fingerprint density at radius 3 is 2.96 bits per heavy atom. The Labute approximate surface area is 160 Å². The van der Waals surface area contributed by atoms with Crippen molar-refractivity contribution in [1.29, 1.82) is 0 Å². The largest absolute Gasteiger partial charge is 0.383 e. The molecule has 1 fully saturated rings. The highest BCUT2D eigenvalue weighted by molar-refractivity contribution is 5.74. The third-order valence-corrected chi connectivity index (χ3v) is 4.61. The molecule has 1 unspecified atom stereocenters. The number of ether oxygens (including phenoxy) is 1. The summed E-state index contributed by atoms with van der Waals surface area (Å²) in [4.78, 5) is 22.4. The van der Waals surface area contributed by atoms with Gasteiger partial charge in [-0.2, -0.15) is 0 Å². The standard InChI is InChI=1S/C20H27N5O2/c1-16-12-22-8-6-19(16)23-9-10-24-20(26)25-11-3-5-18(14-25)27-15-17-4-2-7-21-13-17/h2,4,6-8,12-13,18H,3,5,9-11,14-15H2,1H3,(H,22,23)(H,24,26). The highest BCUT2D eigenvalue weighted by Crippen LogP contribution is 2.15. The molecule has 2 N–H and O–H groups in total. The molecule has 0 aliphatic carbocycles. The number of amides is 2. The zero-order valence-corrected chi connectivity index (χ0v) is 15.7. The first-order valence-corrected chi connectivity index (χ1v) is 9.40. The first kappa shape index (κ1) is 19.1. The summed E-state index contributed by atoms with van der Waals surface area (Å²) in [6.45, 7) is 5.18. The van der Waals surface area contributed by atoms with Gasteiger partial charge in [-0.15, -0.1) is 0 Å². The summed E-state index contributed by atoms with van der Waals surface area (Å²) in [5.41, 5.74) is 3.19. The van der Waals surface area contributed by atoms with Crippen LogP contribution in [-0.2, 0) is 11.3 Å². The zero-order chi connectivity index (χ0) is 18.9. The molecule has 2 amide bonds. The Kier molecular flexibility index (Phi) is 6.98. The topological polar surface area (TPSA) is 79.4 Å². The molecule has 0 aromatic carbocycles. The predicted molar refractivity (Wildman–Crippen MR) is 104 cm³/mol. The van der Waals surface area contributed by atoms with Crippen molar-refractivity contribution in [3.63, 3.8) is 0 Å². The second-order valence-corrected chi connectivity index (χ2v) is 6.73. The van der Waals surface area contributed by atoms with Crippen LogP contribution in [0.15, 0.2) is 43.0 Å². The van der Waals surface area contributed by atoms with Crippen LogP contribution in [0.3, 0.4) is 0 Å². The lowest BCUT2D eigenvalue weighted by molar-refractivity contribution is -0.000383. The van der Waals surface area contributed by atoms with E-state index in [-0.39, 0.29) is 12.1 Å². The number of likely N-dealkylation sites (tertiary alicyclic amines) is 1. The number of nitrogens with one attached hydrogen (secondary N) is 2. The molecule has 1 aliphatic rings. The van der Waals surface area contributed by atoms with Crippen LogP contribution in [0.25, 0.3) is 0 Å². The number of rotatable bonds is 7. The lowest BCUT2D eigenvalue weighted by Gasteiger charge is -2.32. The van der Waals surface area contributed by atoms with Crippen molar-refractivity contribution in [2.24, 2.45) is 0 Å². The Balaban J connectivity index is 1.37. The summed E-state index contributed by atoms with van der Waals surface area (Å²) < 4.78 is 5.97. The second kappa shape index (κ2) is 9.87. The molecule has 0 spiro atoms. The van der Waals surface area contributed by atoms with Crippen molar-refractivity contribution in [2.75, 3.05) is 31.5 Å². The fourth-order valence-electron chi connectivity index (χ4n) is 3.11. The molecule has 2 aromatic heterocycles. The molecule has 0 bridgehead atoms. The van der Waals surface area contributed by atoms with E-state index in [1.807, 2.05) is 42.4 Å². The maximum absolute atomic E-state index is 12.4. The van der Waals surface area contributed by atoms with Crippen molar-refractivity contribution < 1.29 is 9.53 Å². The van der Waals surface area contributed by atoms with Gasteiger partial charge in [0.05, 0.1) is 12.7 Å². The summed E-state index contributed by atoms with van der Waals surface area (Å²) in [6.07, 6.45) is 9.15. The van der Waals surface area contributed by atoms with Gasteiger partial charge >= 0.3 is 6.03 Å². The van der Waals surface area contributed by atoms with Crippen LogP contribution in [0, 0.1) is 6.92 Å². The molecular formula is C20H27N5O2. The number of hydrogen-bond donors (Lipinski definition) is 2. The first-order valence-electron chi connectivity index (χ1n) is 9.40. The molecule has 144 valence electrons. The quantitative estimate of drug-likeness (QED) is 0.734. The van der Waals surface area contributed by atoms with Crippen LogP contribution in [0.1, 0.15) is 24.0 Å². The number of urea groups is 1. The van der Waals surface area contributed by atoms with Crippen molar-refractivity contribution in [2.45, 2.75) is 32.5 Å². The van der Waals surface area contributed by atoms with Crippen LogP contribution in [0.2, 0.25) is 0 Å². The number of anilines is 1. The van der Waals surface area contributed by atoms with Gasteiger partial charge in [0.15, 0.2) is 0 Å². The molecule has 0 saturated carbocycles. The summed E-state index contributed by atoms with van der Waals surface area (Å²) in [5, 5.41) is 6.29. The van der Waals surface area contributed by atoms with Crippen molar-refractivity contribution in [3.8, 4) is 0 Å². The molecule has 7 heteroatoms.